The standard InChI is InChI=1S/C8H21O4PSi/c1-6-8(7-2,13(9,10)11)14(4,5)12-3/h6-7H2,1-5H3,(H2,9,10,11). The fourth-order valence-corrected chi connectivity index (χ4v) is 8.04. The van der Waals surface area contributed by atoms with Gasteiger partial charge in [-0.1, -0.05) is 13.8 Å². The first-order chi connectivity index (χ1) is 6.18. The van der Waals surface area contributed by atoms with E-state index < -0.39 is 20.7 Å². The summed E-state index contributed by atoms with van der Waals surface area (Å²) in [5.41, 5.74) is 0. The topological polar surface area (TPSA) is 66.8 Å². The first kappa shape index (κ1) is 14.3. The molecule has 14 heavy (non-hydrogen) atoms. The fourth-order valence-electron chi connectivity index (χ4n) is 2.05. The summed E-state index contributed by atoms with van der Waals surface area (Å²) in [5, 5.41) is 0. The molecule has 0 saturated carbocycles. The van der Waals surface area contributed by atoms with E-state index in [0.29, 0.717) is 12.8 Å². The van der Waals surface area contributed by atoms with Crippen molar-refractivity contribution in [3.05, 3.63) is 0 Å². The van der Waals surface area contributed by atoms with Crippen molar-refractivity contribution < 1.29 is 18.8 Å². The highest BCUT2D eigenvalue weighted by Gasteiger charge is 2.57. The summed E-state index contributed by atoms with van der Waals surface area (Å²) < 4.78 is 16.0. The molecular formula is C8H21O4PSi. The molecule has 4 nitrogen and oxygen atoms in total. The van der Waals surface area contributed by atoms with Gasteiger partial charge in [-0.15, -0.1) is 0 Å². The van der Waals surface area contributed by atoms with E-state index in [9.17, 15) is 14.4 Å². The Labute approximate surface area is 87.0 Å². The highest BCUT2D eigenvalue weighted by atomic mass is 31.2. The van der Waals surface area contributed by atoms with Crippen molar-refractivity contribution in [2.75, 3.05) is 7.11 Å². The van der Waals surface area contributed by atoms with Gasteiger partial charge in [-0.2, -0.15) is 0 Å². The molecule has 2 N–H and O–H groups in total. The van der Waals surface area contributed by atoms with E-state index in [1.54, 1.807) is 7.11 Å². The van der Waals surface area contributed by atoms with E-state index in [-0.39, 0.29) is 0 Å². The van der Waals surface area contributed by atoms with Crippen LogP contribution in [0.3, 0.4) is 0 Å². The third-order valence-electron chi connectivity index (χ3n) is 3.36. The van der Waals surface area contributed by atoms with Crippen molar-refractivity contribution >= 4 is 15.9 Å². The summed E-state index contributed by atoms with van der Waals surface area (Å²) in [6.45, 7) is 7.35. The Morgan fingerprint density at radius 3 is 1.71 bits per heavy atom. The zero-order chi connectivity index (χ0) is 11.6. The van der Waals surface area contributed by atoms with Crippen LogP contribution in [0, 0.1) is 0 Å². The van der Waals surface area contributed by atoms with Crippen LogP contribution in [0.15, 0.2) is 0 Å². The molecule has 0 amide bonds. The van der Waals surface area contributed by atoms with Crippen LogP contribution < -0.4 is 0 Å². The summed E-state index contributed by atoms with van der Waals surface area (Å²) in [5.74, 6) is 0. The predicted octanol–water partition coefficient (Wildman–Crippen LogP) is 2.11. The maximum absolute atomic E-state index is 11.6. The van der Waals surface area contributed by atoms with Gasteiger partial charge in [0.05, 0.1) is 4.78 Å². The molecule has 0 aliphatic heterocycles. The Kier molecular flexibility index (Phi) is 4.56. The van der Waals surface area contributed by atoms with Crippen LogP contribution in [0.2, 0.25) is 13.1 Å². The Morgan fingerprint density at radius 1 is 1.29 bits per heavy atom. The lowest BCUT2D eigenvalue weighted by atomic mass is 10.2. The summed E-state index contributed by atoms with van der Waals surface area (Å²) in [4.78, 5) is 18.9. The van der Waals surface area contributed by atoms with Gasteiger partial charge in [-0.3, -0.25) is 4.57 Å². The van der Waals surface area contributed by atoms with Crippen LogP contribution in [-0.4, -0.2) is 30.0 Å². The molecule has 0 unspecified atom stereocenters. The first-order valence-electron chi connectivity index (χ1n) is 4.79. The normalized spacial score (nSPS) is 14.5. The van der Waals surface area contributed by atoms with Crippen LogP contribution in [0.1, 0.15) is 26.7 Å². The van der Waals surface area contributed by atoms with Crippen molar-refractivity contribution in [1.29, 1.82) is 0 Å². The van der Waals surface area contributed by atoms with Gasteiger partial charge < -0.3 is 14.2 Å². The molecular weight excluding hydrogens is 219 g/mol. The zero-order valence-corrected chi connectivity index (χ0v) is 11.5. The second kappa shape index (κ2) is 4.45. The summed E-state index contributed by atoms with van der Waals surface area (Å²) in [6, 6.07) is 0. The van der Waals surface area contributed by atoms with E-state index in [2.05, 4.69) is 0 Å². The first-order valence-corrected chi connectivity index (χ1v) is 9.31. The highest BCUT2D eigenvalue weighted by Crippen LogP contribution is 2.58. The molecule has 0 bridgehead atoms. The van der Waals surface area contributed by atoms with Crippen LogP contribution in [-0.2, 0) is 8.99 Å². The molecule has 0 atom stereocenters. The van der Waals surface area contributed by atoms with Crippen LogP contribution in [0.25, 0.3) is 0 Å². The predicted molar refractivity (Wildman–Crippen MR) is 59.8 cm³/mol. The van der Waals surface area contributed by atoms with Gasteiger partial charge in [0.15, 0.2) is 0 Å². The molecule has 0 aromatic heterocycles. The average Bonchev–Trinajstić information content (AvgIpc) is 2.04. The zero-order valence-electron chi connectivity index (χ0n) is 9.57. The Morgan fingerprint density at radius 2 is 1.64 bits per heavy atom. The molecule has 0 fully saturated rings. The summed E-state index contributed by atoms with van der Waals surface area (Å²) in [7, 11) is -4.92. The van der Waals surface area contributed by atoms with Crippen molar-refractivity contribution in [2.24, 2.45) is 0 Å². The van der Waals surface area contributed by atoms with Gasteiger partial charge >= 0.3 is 7.60 Å². The van der Waals surface area contributed by atoms with Gasteiger partial charge in [0.2, 0.25) is 8.32 Å². The molecule has 0 aliphatic carbocycles. The van der Waals surface area contributed by atoms with E-state index >= 15 is 0 Å². The van der Waals surface area contributed by atoms with Crippen molar-refractivity contribution in [2.45, 2.75) is 44.6 Å². The minimum atomic E-state index is -4.11. The van der Waals surface area contributed by atoms with E-state index in [4.69, 9.17) is 4.43 Å². The van der Waals surface area contributed by atoms with Gasteiger partial charge in [0.1, 0.15) is 0 Å². The average molecular weight is 240 g/mol. The van der Waals surface area contributed by atoms with Crippen LogP contribution in [0.4, 0.5) is 0 Å². The van der Waals surface area contributed by atoms with E-state index in [1.807, 2.05) is 26.9 Å². The minimum Gasteiger partial charge on any atom is -0.419 e. The lowest BCUT2D eigenvalue weighted by Gasteiger charge is -2.42. The molecule has 0 saturated heterocycles. The van der Waals surface area contributed by atoms with E-state index in [1.165, 1.54) is 0 Å². The lowest BCUT2D eigenvalue weighted by Crippen LogP contribution is -2.55. The van der Waals surface area contributed by atoms with Gasteiger partial charge in [-0.05, 0) is 25.9 Å². The minimum absolute atomic E-state index is 0.459. The molecule has 86 valence electrons. The second-order valence-corrected chi connectivity index (χ2v) is 10.7. The molecule has 0 spiro atoms. The van der Waals surface area contributed by atoms with Gasteiger partial charge in [0, 0.05) is 7.11 Å². The van der Waals surface area contributed by atoms with Crippen molar-refractivity contribution in [3.8, 4) is 0 Å². The third kappa shape index (κ3) is 2.12. The Bertz CT molecular complexity index is 231. The molecule has 6 heteroatoms. The third-order valence-corrected chi connectivity index (χ3v) is 11.6. The maximum atomic E-state index is 11.6. The number of hydrogen-bond donors (Lipinski definition) is 2. The maximum Gasteiger partial charge on any atom is 0.331 e. The van der Waals surface area contributed by atoms with Gasteiger partial charge in [-0.25, -0.2) is 0 Å². The second-order valence-electron chi connectivity index (χ2n) is 4.00. The fraction of sp³-hybridized carbons (Fsp3) is 1.00. The Balaban J connectivity index is 5.41. The SMILES string of the molecule is CCC(CC)([Si](C)(C)OC)P(=O)(O)O. The van der Waals surface area contributed by atoms with Crippen molar-refractivity contribution in [1.82, 2.24) is 0 Å². The number of rotatable bonds is 5. The van der Waals surface area contributed by atoms with E-state index in [0.717, 1.165) is 0 Å². The molecule has 0 aliphatic rings. The van der Waals surface area contributed by atoms with Crippen molar-refractivity contribution in [3.63, 3.8) is 0 Å². The molecule has 0 radical (unpaired) electrons. The smallest absolute Gasteiger partial charge is 0.331 e. The molecule has 0 aromatic rings. The largest absolute Gasteiger partial charge is 0.419 e. The van der Waals surface area contributed by atoms with Gasteiger partial charge in [0.25, 0.3) is 0 Å². The van der Waals surface area contributed by atoms with Crippen LogP contribution >= 0.6 is 7.60 Å². The molecule has 0 heterocycles. The molecule has 0 aromatic carbocycles. The number of hydrogen-bond acceptors (Lipinski definition) is 2. The Hall–Kier alpha value is 0.327. The summed E-state index contributed by atoms with van der Waals surface area (Å²) >= 11 is 0. The molecule has 0 rings (SSSR count). The van der Waals surface area contributed by atoms with Crippen LogP contribution in [0.5, 0.6) is 0 Å². The monoisotopic (exact) mass is 240 g/mol. The quantitative estimate of drug-likeness (QED) is 0.570. The lowest BCUT2D eigenvalue weighted by molar-refractivity contribution is 0.314. The highest BCUT2D eigenvalue weighted by molar-refractivity contribution is 7.57. The summed E-state index contributed by atoms with van der Waals surface area (Å²) in [6.07, 6.45) is 0.918.